The number of allylic oxidation sites excluding steroid dienone is 1. The van der Waals surface area contributed by atoms with Gasteiger partial charge in [0.1, 0.15) is 23.3 Å². The molecule has 4 aromatic carbocycles. The van der Waals surface area contributed by atoms with Crippen LogP contribution in [0.1, 0.15) is 43.0 Å². The van der Waals surface area contributed by atoms with Crippen LogP contribution in [0.3, 0.4) is 0 Å². The first kappa shape index (κ1) is 39.5. The molecule has 1 nitrogen and oxygen atoms in total. The molecule has 1 heterocycles. The van der Waals surface area contributed by atoms with E-state index in [0.717, 1.165) is 5.56 Å². The summed E-state index contributed by atoms with van der Waals surface area (Å²) < 4.78 is 154. The molecular weight excluding hydrogens is 737 g/mol. The Kier molecular flexibility index (Phi) is 11.6. The Morgan fingerprint density at radius 2 is 1.00 bits per heavy atom. The van der Waals surface area contributed by atoms with Gasteiger partial charge in [-0.15, -0.1) is 34.5 Å². The SMILES string of the molecule is Cc1cc(C)c(P2C(c3ccccc3)=[NH+][B-](c3c(F)c(F)c(F)c(F)c3F)(c3c(F)c(F)c(F)c(F)c3F)/C2=C/C(C)(C)C)c(C)c1.ClCCl. The van der Waals surface area contributed by atoms with E-state index in [1.54, 1.807) is 71.9 Å². The molecule has 0 amide bonds. The van der Waals surface area contributed by atoms with Gasteiger partial charge >= 0.3 is 6.28 Å². The smallest absolute Gasteiger partial charge is 0.366 e. The predicted octanol–water partition coefficient (Wildman–Crippen LogP) is 8.30. The summed E-state index contributed by atoms with van der Waals surface area (Å²) in [6.07, 6.45) is -3.07. The standard InChI is InChI=1S/C34H27BF10NP.CH2Cl2/c1-15-12-16(2)32(17(3)13-15)47-19(14-34(4,5)6)35(46-33(47)18-10-8-7-9-11-18,20-22(36)26(40)30(44)27(41)23(20)37)21-24(38)28(42)31(45)29(43)25(21)39;2-1-3/h7-14,46H,1-6H3;1H2/b19-14-;. The van der Waals surface area contributed by atoms with Gasteiger partial charge in [-0.2, -0.15) is 0 Å². The van der Waals surface area contributed by atoms with Gasteiger partial charge in [0.05, 0.1) is 5.34 Å². The van der Waals surface area contributed by atoms with Crippen LogP contribution in [0.2, 0.25) is 0 Å². The summed E-state index contributed by atoms with van der Waals surface area (Å²) in [5.41, 5.74) is -2.23. The first-order chi connectivity index (χ1) is 23.3. The first-order valence-corrected chi connectivity index (χ1v) is 17.3. The molecule has 50 heavy (non-hydrogen) atoms. The van der Waals surface area contributed by atoms with Gasteiger partial charge in [0, 0.05) is 13.5 Å². The van der Waals surface area contributed by atoms with Crippen molar-refractivity contribution in [3.8, 4) is 0 Å². The monoisotopic (exact) mass is 765 g/mol. The van der Waals surface area contributed by atoms with Crippen molar-refractivity contribution in [1.29, 1.82) is 0 Å². The zero-order chi connectivity index (χ0) is 37.6. The van der Waals surface area contributed by atoms with E-state index in [4.69, 9.17) is 23.2 Å². The summed E-state index contributed by atoms with van der Waals surface area (Å²) in [6, 6.07) is 11.4. The van der Waals surface area contributed by atoms with Crippen molar-refractivity contribution in [2.24, 2.45) is 5.41 Å². The molecule has 0 saturated carbocycles. The quantitative estimate of drug-likeness (QED) is 0.0537. The van der Waals surface area contributed by atoms with Crippen LogP contribution in [0.15, 0.2) is 53.8 Å². The van der Waals surface area contributed by atoms with Crippen molar-refractivity contribution in [2.45, 2.75) is 41.5 Å². The zero-order valence-electron chi connectivity index (χ0n) is 27.4. The Bertz CT molecular complexity index is 1900. The van der Waals surface area contributed by atoms with Crippen LogP contribution in [0, 0.1) is 84.4 Å². The number of hydrogen-bond donors (Lipinski definition) is 1. The fourth-order valence-electron chi connectivity index (χ4n) is 6.46. The molecule has 15 heteroatoms. The van der Waals surface area contributed by atoms with Gasteiger partial charge in [-0.1, -0.05) is 56.7 Å². The van der Waals surface area contributed by atoms with E-state index in [9.17, 15) is 8.78 Å². The van der Waals surface area contributed by atoms with E-state index in [1.807, 2.05) is 0 Å². The largest absolute Gasteiger partial charge is 0.450 e. The van der Waals surface area contributed by atoms with Crippen molar-refractivity contribution in [3.05, 3.63) is 134 Å². The van der Waals surface area contributed by atoms with Gasteiger partial charge in [-0.05, 0) is 65.7 Å². The molecule has 1 aliphatic heterocycles. The Labute approximate surface area is 293 Å². The Balaban J connectivity index is 0.00000181. The normalized spacial score (nSPS) is 16.4. The first-order valence-electron chi connectivity index (χ1n) is 14.9. The van der Waals surface area contributed by atoms with Crippen molar-refractivity contribution in [2.75, 3.05) is 5.34 Å². The topological polar surface area (TPSA) is 14.0 Å². The van der Waals surface area contributed by atoms with Gasteiger partial charge < -0.3 is 4.90 Å². The second-order valence-corrected chi connectivity index (χ2v) is 15.7. The van der Waals surface area contributed by atoms with E-state index in [2.05, 4.69) is 4.90 Å². The number of benzene rings is 4. The highest BCUT2D eigenvalue weighted by Gasteiger charge is 2.59. The number of aryl methyl sites for hydroxylation is 3. The number of hydrogen-bond acceptors (Lipinski definition) is 0. The van der Waals surface area contributed by atoms with Gasteiger partial charge in [-0.3, -0.25) is 0 Å². The minimum absolute atomic E-state index is 0.0408. The van der Waals surface area contributed by atoms with E-state index in [-0.39, 0.29) is 21.6 Å². The molecule has 1 atom stereocenters. The van der Waals surface area contributed by atoms with Gasteiger partial charge in [0.15, 0.2) is 40.4 Å². The third-order valence-corrected chi connectivity index (χ3v) is 11.1. The minimum atomic E-state index is -4.41. The van der Waals surface area contributed by atoms with Gasteiger partial charge in [0.25, 0.3) is 0 Å². The summed E-state index contributed by atoms with van der Waals surface area (Å²) in [6.45, 7) is 10.0. The maximum Gasteiger partial charge on any atom is 0.366 e. The van der Waals surface area contributed by atoms with Gasteiger partial charge in [0.2, 0.25) is 0 Å². The van der Waals surface area contributed by atoms with Gasteiger partial charge in [-0.25, -0.2) is 43.9 Å². The van der Waals surface area contributed by atoms with Crippen LogP contribution in [0.4, 0.5) is 43.9 Å². The fourth-order valence-corrected chi connectivity index (χ4v) is 9.99. The van der Waals surface area contributed by atoms with E-state index >= 15 is 35.1 Å². The average molecular weight is 766 g/mol. The average Bonchev–Trinajstić information content (AvgIpc) is 3.34. The summed E-state index contributed by atoms with van der Waals surface area (Å²) in [4.78, 5) is 2.72. The Morgan fingerprint density at radius 3 is 1.36 bits per heavy atom. The third-order valence-electron chi connectivity index (χ3n) is 8.12. The molecule has 0 fully saturated rings. The molecule has 0 bridgehead atoms. The molecule has 0 aliphatic carbocycles. The highest BCUT2D eigenvalue weighted by atomic mass is 35.5. The lowest BCUT2D eigenvalue weighted by molar-refractivity contribution is -0.291. The van der Waals surface area contributed by atoms with Crippen molar-refractivity contribution >= 4 is 59.1 Å². The number of rotatable bonds is 4. The van der Waals surface area contributed by atoms with Crippen LogP contribution in [-0.4, -0.2) is 17.1 Å². The predicted molar refractivity (Wildman–Crippen MR) is 180 cm³/mol. The van der Waals surface area contributed by atoms with E-state index < -0.39 is 88.7 Å². The second kappa shape index (κ2) is 14.7. The molecule has 1 unspecified atom stereocenters. The lowest BCUT2D eigenvalue weighted by Crippen LogP contribution is -2.99. The highest BCUT2D eigenvalue weighted by Crippen LogP contribution is 2.54. The highest BCUT2D eigenvalue weighted by molar-refractivity contribution is 7.89. The molecule has 1 aliphatic rings. The van der Waals surface area contributed by atoms with Crippen molar-refractivity contribution in [1.82, 2.24) is 0 Å². The molecule has 1 N–H and O–H groups in total. The van der Waals surface area contributed by atoms with Crippen molar-refractivity contribution < 1.29 is 48.8 Å². The summed E-state index contributed by atoms with van der Waals surface area (Å²) in [5.74, 6) is -24.9. The second-order valence-electron chi connectivity index (χ2n) is 12.8. The fraction of sp³-hybridized carbons (Fsp3) is 0.229. The molecule has 266 valence electrons. The maximum atomic E-state index is 16.1. The number of alkyl halides is 2. The Hall–Kier alpha value is -3.34. The van der Waals surface area contributed by atoms with Crippen LogP contribution in [0.5, 0.6) is 0 Å². The Morgan fingerprint density at radius 1 is 0.640 bits per heavy atom. The van der Waals surface area contributed by atoms with Crippen LogP contribution < -0.4 is 21.1 Å². The van der Waals surface area contributed by atoms with Crippen molar-refractivity contribution in [3.63, 3.8) is 0 Å². The maximum absolute atomic E-state index is 16.1. The molecule has 4 aromatic rings. The number of nitrogens with one attached hydrogen (secondary N) is 1. The van der Waals surface area contributed by atoms with E-state index in [0.29, 0.717) is 16.4 Å². The van der Waals surface area contributed by atoms with Crippen LogP contribution in [-0.2, 0) is 0 Å². The van der Waals surface area contributed by atoms with Crippen LogP contribution >= 0.6 is 31.1 Å². The molecule has 0 spiro atoms. The molecular formula is C35H29BCl2F10NP. The molecule has 5 rings (SSSR count). The molecule has 0 saturated heterocycles. The van der Waals surface area contributed by atoms with E-state index in [1.165, 1.54) is 18.2 Å². The lowest BCUT2D eigenvalue weighted by Gasteiger charge is -2.35. The zero-order valence-corrected chi connectivity index (χ0v) is 29.8. The molecule has 0 radical (unpaired) electrons. The summed E-state index contributed by atoms with van der Waals surface area (Å²) in [7, 11) is -2.25. The lowest BCUT2D eigenvalue weighted by atomic mass is 9.27. The molecule has 0 aromatic heterocycles. The number of halogens is 12. The minimum Gasteiger partial charge on any atom is -0.450 e. The van der Waals surface area contributed by atoms with Crippen LogP contribution in [0.25, 0.3) is 0 Å². The third kappa shape index (κ3) is 6.71. The summed E-state index contributed by atoms with van der Waals surface area (Å²) in [5, 5.41) is 0.386. The summed E-state index contributed by atoms with van der Waals surface area (Å²) >= 11 is 9.53.